The maximum Gasteiger partial charge on any atom is 0.417 e. The molecule has 7 heteroatoms. The summed E-state index contributed by atoms with van der Waals surface area (Å²) in [5.41, 5.74) is -1.76. The molecule has 0 spiro atoms. The monoisotopic (exact) mass is 316 g/mol. The van der Waals surface area contributed by atoms with Crippen LogP contribution < -0.4 is 0 Å². The molecular formula is C9H5BrClF3O2. The van der Waals surface area contributed by atoms with Crippen molar-refractivity contribution in [2.45, 2.75) is 6.18 Å². The van der Waals surface area contributed by atoms with Crippen LogP contribution in [0.4, 0.5) is 13.2 Å². The maximum atomic E-state index is 12.5. The number of phenolic OH excluding ortho intramolecular Hbond substituents is 1. The minimum absolute atomic E-state index is 0.253. The van der Waals surface area contributed by atoms with Gasteiger partial charge in [0.15, 0.2) is 5.78 Å². The molecule has 0 aliphatic heterocycles. The second-order valence-corrected chi connectivity index (χ2v) is 3.87. The topological polar surface area (TPSA) is 37.3 Å². The Balaban J connectivity index is 3.45. The maximum absolute atomic E-state index is 12.5. The van der Waals surface area contributed by atoms with Crippen LogP contribution in [-0.2, 0) is 6.18 Å². The molecule has 0 saturated heterocycles. The molecule has 0 aliphatic rings. The van der Waals surface area contributed by atoms with Crippen molar-refractivity contribution in [2.75, 3.05) is 5.33 Å². The molecular weight excluding hydrogens is 312 g/mol. The summed E-state index contributed by atoms with van der Waals surface area (Å²) in [5.74, 6) is -1.46. The van der Waals surface area contributed by atoms with Crippen LogP contribution in [0.2, 0.25) is 5.02 Å². The van der Waals surface area contributed by atoms with Gasteiger partial charge in [-0.25, -0.2) is 0 Å². The van der Waals surface area contributed by atoms with Gasteiger partial charge in [0.2, 0.25) is 0 Å². The van der Waals surface area contributed by atoms with E-state index in [4.69, 9.17) is 16.7 Å². The molecule has 0 bridgehead atoms. The van der Waals surface area contributed by atoms with Crippen molar-refractivity contribution in [3.05, 3.63) is 28.3 Å². The highest BCUT2D eigenvalue weighted by atomic mass is 79.9. The van der Waals surface area contributed by atoms with Gasteiger partial charge in [-0.2, -0.15) is 13.2 Å². The Hall–Kier alpha value is -0.750. The van der Waals surface area contributed by atoms with Crippen molar-refractivity contribution in [2.24, 2.45) is 0 Å². The second-order valence-electron chi connectivity index (χ2n) is 2.90. The van der Waals surface area contributed by atoms with Gasteiger partial charge in [0.05, 0.1) is 15.9 Å². The highest BCUT2D eigenvalue weighted by molar-refractivity contribution is 9.09. The molecule has 0 unspecified atom stereocenters. The zero-order valence-electron chi connectivity index (χ0n) is 7.61. The fourth-order valence-corrected chi connectivity index (χ4v) is 1.56. The summed E-state index contributed by atoms with van der Waals surface area (Å²) in [5, 5.41) is 8.54. The molecule has 0 atom stereocenters. The number of hydrogen-bond donors (Lipinski definition) is 1. The number of aromatic hydroxyl groups is 1. The molecule has 0 aliphatic carbocycles. The van der Waals surface area contributed by atoms with Crippen molar-refractivity contribution in [1.29, 1.82) is 0 Å². The molecule has 0 fully saturated rings. The summed E-state index contributed by atoms with van der Waals surface area (Å²) in [6, 6.07) is 1.25. The van der Waals surface area contributed by atoms with E-state index >= 15 is 0 Å². The zero-order chi connectivity index (χ0) is 12.5. The molecule has 0 amide bonds. The van der Waals surface area contributed by atoms with Crippen LogP contribution in [0.1, 0.15) is 15.9 Å². The highest BCUT2D eigenvalue weighted by Gasteiger charge is 2.35. The van der Waals surface area contributed by atoms with E-state index in [1.807, 2.05) is 0 Å². The number of hydrogen-bond acceptors (Lipinski definition) is 2. The van der Waals surface area contributed by atoms with Crippen LogP contribution in [-0.4, -0.2) is 16.2 Å². The zero-order valence-corrected chi connectivity index (χ0v) is 9.95. The molecule has 1 rings (SSSR count). The van der Waals surface area contributed by atoms with E-state index in [2.05, 4.69) is 15.9 Å². The molecule has 1 aromatic rings. The first-order valence-electron chi connectivity index (χ1n) is 3.96. The Morgan fingerprint density at radius 1 is 1.44 bits per heavy atom. The Morgan fingerprint density at radius 3 is 2.44 bits per heavy atom. The first kappa shape index (κ1) is 13.3. The van der Waals surface area contributed by atoms with Gasteiger partial charge in [0.25, 0.3) is 0 Å². The molecule has 2 nitrogen and oxygen atoms in total. The summed E-state index contributed by atoms with van der Waals surface area (Å²) in [4.78, 5) is 11.3. The molecule has 0 saturated carbocycles. The van der Waals surface area contributed by atoms with Crippen molar-refractivity contribution in [3.63, 3.8) is 0 Å². The Bertz CT molecular complexity index is 431. The third kappa shape index (κ3) is 2.68. The third-order valence-corrected chi connectivity index (χ3v) is 2.63. The van der Waals surface area contributed by atoms with Gasteiger partial charge in [-0.15, -0.1) is 0 Å². The van der Waals surface area contributed by atoms with E-state index in [-0.39, 0.29) is 10.4 Å². The number of carbonyl (C=O) groups is 1. The largest absolute Gasteiger partial charge is 0.506 e. The average molecular weight is 317 g/mol. The highest BCUT2D eigenvalue weighted by Crippen LogP contribution is 2.37. The second kappa shape index (κ2) is 4.63. The number of alkyl halides is 4. The van der Waals surface area contributed by atoms with E-state index in [0.29, 0.717) is 6.07 Å². The average Bonchev–Trinajstić information content (AvgIpc) is 2.18. The summed E-state index contributed by atoms with van der Waals surface area (Å²) in [6.07, 6.45) is -4.71. The normalized spacial score (nSPS) is 11.6. The van der Waals surface area contributed by atoms with Crippen molar-refractivity contribution in [1.82, 2.24) is 0 Å². The van der Waals surface area contributed by atoms with Gasteiger partial charge in [0.1, 0.15) is 5.75 Å². The van der Waals surface area contributed by atoms with E-state index in [1.165, 1.54) is 0 Å². The lowest BCUT2D eigenvalue weighted by molar-refractivity contribution is -0.138. The Labute approximate surface area is 102 Å². The van der Waals surface area contributed by atoms with Gasteiger partial charge in [0, 0.05) is 5.56 Å². The van der Waals surface area contributed by atoms with Gasteiger partial charge >= 0.3 is 6.18 Å². The number of ketones is 1. The minimum atomic E-state index is -4.71. The molecule has 1 aromatic carbocycles. The SMILES string of the molecule is O=C(CBr)c1cc(Cl)c(O)cc1C(F)(F)F. The van der Waals surface area contributed by atoms with Gasteiger partial charge in [-0.05, 0) is 12.1 Å². The number of phenols is 1. The smallest absolute Gasteiger partial charge is 0.417 e. The fraction of sp³-hybridized carbons (Fsp3) is 0.222. The molecule has 1 N–H and O–H groups in total. The van der Waals surface area contributed by atoms with E-state index in [1.54, 1.807) is 0 Å². The van der Waals surface area contributed by atoms with E-state index in [9.17, 15) is 18.0 Å². The molecule has 88 valence electrons. The van der Waals surface area contributed by atoms with Gasteiger partial charge in [-0.1, -0.05) is 27.5 Å². The van der Waals surface area contributed by atoms with Crippen LogP contribution >= 0.6 is 27.5 Å². The first-order valence-corrected chi connectivity index (χ1v) is 5.46. The van der Waals surface area contributed by atoms with Crippen LogP contribution in [0.15, 0.2) is 12.1 Å². The summed E-state index contributed by atoms with van der Waals surface area (Å²) in [6.45, 7) is 0. The van der Waals surface area contributed by atoms with Crippen molar-refractivity contribution >= 4 is 33.3 Å². The summed E-state index contributed by atoms with van der Waals surface area (Å²) in [7, 11) is 0. The lowest BCUT2D eigenvalue weighted by Crippen LogP contribution is -2.13. The number of carbonyl (C=O) groups excluding carboxylic acids is 1. The van der Waals surface area contributed by atoms with Gasteiger partial charge in [-0.3, -0.25) is 4.79 Å². The lowest BCUT2D eigenvalue weighted by atomic mass is 10.0. The number of Topliss-reactive ketones (excluding diaryl/α,β-unsaturated/α-hetero) is 1. The summed E-state index contributed by atoms with van der Waals surface area (Å²) < 4.78 is 37.6. The number of halogens is 5. The minimum Gasteiger partial charge on any atom is -0.506 e. The standard InChI is InChI=1S/C9H5BrClF3O2/c10-3-8(16)4-1-6(11)7(15)2-5(4)9(12,13)14/h1-2,15H,3H2. The van der Waals surface area contributed by atoms with E-state index < -0.39 is 28.8 Å². The van der Waals surface area contributed by atoms with E-state index in [0.717, 1.165) is 6.07 Å². The molecule has 0 aromatic heterocycles. The third-order valence-electron chi connectivity index (χ3n) is 1.81. The van der Waals surface area contributed by atoms with Crippen LogP contribution in [0.5, 0.6) is 5.75 Å². The molecule has 16 heavy (non-hydrogen) atoms. The van der Waals surface area contributed by atoms with Crippen LogP contribution in [0, 0.1) is 0 Å². The Kier molecular flexibility index (Phi) is 3.85. The lowest BCUT2D eigenvalue weighted by Gasteiger charge is -2.12. The van der Waals surface area contributed by atoms with Crippen LogP contribution in [0.25, 0.3) is 0 Å². The predicted molar refractivity (Wildman–Crippen MR) is 56.2 cm³/mol. The van der Waals surface area contributed by atoms with Gasteiger partial charge < -0.3 is 5.11 Å². The quantitative estimate of drug-likeness (QED) is 0.668. The molecule has 0 radical (unpaired) electrons. The van der Waals surface area contributed by atoms with Crippen LogP contribution in [0.3, 0.4) is 0 Å². The predicted octanol–water partition coefficient (Wildman–Crippen LogP) is 3.64. The molecule has 0 heterocycles. The number of rotatable bonds is 2. The van der Waals surface area contributed by atoms with Crippen molar-refractivity contribution < 1.29 is 23.1 Å². The Morgan fingerprint density at radius 2 is 2.00 bits per heavy atom. The fourth-order valence-electron chi connectivity index (χ4n) is 1.10. The number of benzene rings is 1. The summed E-state index contributed by atoms with van der Waals surface area (Å²) >= 11 is 8.23. The van der Waals surface area contributed by atoms with Crippen molar-refractivity contribution in [3.8, 4) is 5.75 Å². The first-order chi connectivity index (χ1) is 7.27.